The Hall–Kier alpha value is -2.53. The van der Waals surface area contributed by atoms with Gasteiger partial charge in [0.05, 0.1) is 4.88 Å². The van der Waals surface area contributed by atoms with Gasteiger partial charge in [-0.15, -0.1) is 11.3 Å². The molecule has 20 heavy (non-hydrogen) atoms. The maximum atomic E-state index is 11.6. The molecule has 0 aliphatic heterocycles. The number of rotatable bonds is 3. The highest BCUT2D eigenvalue weighted by Gasteiger charge is 2.17. The number of hydrogen-bond acceptors (Lipinski definition) is 4. The summed E-state index contributed by atoms with van der Waals surface area (Å²) < 4.78 is 0. The Kier molecular flexibility index (Phi) is 3.26. The molecule has 3 aromatic rings. The molecule has 0 saturated heterocycles. The maximum Gasteiger partial charge on any atom is 0.268 e. The molecule has 0 spiro atoms. The van der Waals surface area contributed by atoms with Crippen molar-refractivity contribution in [2.45, 2.75) is 0 Å². The molecule has 3 rings (SSSR count). The number of thiazole rings is 1. The number of amides is 1. The first-order valence-corrected chi connectivity index (χ1v) is 6.84. The summed E-state index contributed by atoms with van der Waals surface area (Å²) in [6, 6.07) is 13.4. The number of primary amides is 1. The number of hydrogen-bond donors (Lipinski definition) is 1. The Morgan fingerprint density at radius 2 is 1.70 bits per heavy atom. The molecule has 2 heterocycles. The Balaban J connectivity index is 2.15. The summed E-state index contributed by atoms with van der Waals surface area (Å²) in [5.74, 6) is -0.514. The molecule has 5 heteroatoms. The Labute approximate surface area is 119 Å². The number of pyridine rings is 1. The van der Waals surface area contributed by atoms with Crippen molar-refractivity contribution in [3.05, 3.63) is 60.6 Å². The third kappa shape index (κ3) is 2.31. The largest absolute Gasteiger partial charge is 0.364 e. The average molecular weight is 281 g/mol. The first-order chi connectivity index (χ1) is 9.75. The highest BCUT2D eigenvalue weighted by Crippen LogP contribution is 2.34. The molecular weight excluding hydrogens is 270 g/mol. The van der Waals surface area contributed by atoms with Gasteiger partial charge in [-0.1, -0.05) is 30.3 Å². The second kappa shape index (κ2) is 5.22. The first kappa shape index (κ1) is 12.5. The molecule has 1 aromatic carbocycles. The second-order valence-corrected chi connectivity index (χ2v) is 5.16. The number of nitrogens with two attached hydrogens (primary N) is 1. The predicted octanol–water partition coefficient (Wildman–Crippen LogP) is 2.97. The predicted molar refractivity (Wildman–Crippen MR) is 79.3 cm³/mol. The molecular formula is C15H11N3OS. The molecule has 2 aromatic heterocycles. The van der Waals surface area contributed by atoms with Crippen molar-refractivity contribution in [2.24, 2.45) is 5.73 Å². The van der Waals surface area contributed by atoms with Crippen LogP contribution in [0.15, 0.2) is 54.9 Å². The molecule has 0 atom stereocenters. The molecule has 2 N–H and O–H groups in total. The van der Waals surface area contributed by atoms with Crippen LogP contribution in [0.4, 0.5) is 0 Å². The molecule has 1 amide bonds. The van der Waals surface area contributed by atoms with Gasteiger partial charge in [0.2, 0.25) is 0 Å². The van der Waals surface area contributed by atoms with Crippen LogP contribution < -0.4 is 5.73 Å². The van der Waals surface area contributed by atoms with Crippen molar-refractivity contribution < 1.29 is 4.79 Å². The van der Waals surface area contributed by atoms with Gasteiger partial charge in [0.15, 0.2) is 0 Å². The standard InChI is InChI=1S/C15H11N3OS/c16-14(19)12-13(10-4-2-1-3-5-10)20-15(18-12)11-6-8-17-9-7-11/h1-9H,(H2,16,19). The minimum Gasteiger partial charge on any atom is -0.364 e. The van der Waals surface area contributed by atoms with Crippen molar-refractivity contribution in [2.75, 3.05) is 0 Å². The molecule has 0 aliphatic carbocycles. The van der Waals surface area contributed by atoms with Crippen LogP contribution in [-0.2, 0) is 0 Å². The van der Waals surface area contributed by atoms with E-state index in [2.05, 4.69) is 9.97 Å². The normalized spacial score (nSPS) is 10.4. The Bertz CT molecular complexity index is 738. The van der Waals surface area contributed by atoms with Gasteiger partial charge in [0.25, 0.3) is 5.91 Å². The lowest BCUT2D eigenvalue weighted by Crippen LogP contribution is -2.12. The van der Waals surface area contributed by atoms with Crippen LogP contribution in [0, 0.1) is 0 Å². The maximum absolute atomic E-state index is 11.6. The number of nitrogens with zero attached hydrogens (tertiary/aromatic N) is 2. The summed E-state index contributed by atoms with van der Waals surface area (Å²) in [7, 11) is 0. The van der Waals surface area contributed by atoms with Crippen molar-refractivity contribution >= 4 is 17.2 Å². The highest BCUT2D eigenvalue weighted by molar-refractivity contribution is 7.18. The zero-order chi connectivity index (χ0) is 13.9. The minimum absolute atomic E-state index is 0.313. The summed E-state index contributed by atoms with van der Waals surface area (Å²) in [5.41, 5.74) is 7.62. The van der Waals surface area contributed by atoms with E-state index >= 15 is 0 Å². The van der Waals surface area contributed by atoms with E-state index in [1.54, 1.807) is 12.4 Å². The quantitative estimate of drug-likeness (QED) is 0.802. The van der Waals surface area contributed by atoms with Crippen LogP contribution >= 0.6 is 11.3 Å². The molecule has 0 radical (unpaired) electrons. The van der Waals surface area contributed by atoms with Gasteiger partial charge in [-0.25, -0.2) is 4.98 Å². The Morgan fingerprint density at radius 3 is 2.35 bits per heavy atom. The number of benzene rings is 1. The minimum atomic E-state index is -0.514. The van der Waals surface area contributed by atoms with Crippen LogP contribution in [0.5, 0.6) is 0 Å². The van der Waals surface area contributed by atoms with Gasteiger partial charge in [0, 0.05) is 18.0 Å². The summed E-state index contributed by atoms with van der Waals surface area (Å²) in [6.45, 7) is 0. The van der Waals surface area contributed by atoms with E-state index < -0.39 is 5.91 Å². The smallest absolute Gasteiger partial charge is 0.268 e. The molecule has 0 aliphatic rings. The number of aromatic nitrogens is 2. The first-order valence-electron chi connectivity index (χ1n) is 6.02. The SMILES string of the molecule is NC(=O)c1nc(-c2ccncc2)sc1-c1ccccc1. The van der Waals surface area contributed by atoms with Crippen molar-refractivity contribution in [3.8, 4) is 21.0 Å². The lowest BCUT2D eigenvalue weighted by Gasteiger charge is -1.97. The van der Waals surface area contributed by atoms with Crippen LogP contribution in [0.3, 0.4) is 0 Å². The zero-order valence-electron chi connectivity index (χ0n) is 10.5. The molecule has 0 fully saturated rings. The van der Waals surface area contributed by atoms with Crippen LogP contribution in [-0.4, -0.2) is 15.9 Å². The van der Waals surface area contributed by atoms with Gasteiger partial charge in [-0.3, -0.25) is 9.78 Å². The third-order valence-corrected chi connectivity index (χ3v) is 3.98. The number of carbonyl (C=O) groups is 1. The lowest BCUT2D eigenvalue weighted by molar-refractivity contribution is 0.0997. The van der Waals surface area contributed by atoms with Gasteiger partial charge in [-0.2, -0.15) is 0 Å². The summed E-state index contributed by atoms with van der Waals surface area (Å²) in [5, 5.41) is 0.764. The molecule has 4 nitrogen and oxygen atoms in total. The molecule has 0 unspecified atom stereocenters. The average Bonchev–Trinajstić information content (AvgIpc) is 2.94. The van der Waals surface area contributed by atoms with Gasteiger partial charge in [0.1, 0.15) is 10.7 Å². The van der Waals surface area contributed by atoms with Crippen molar-refractivity contribution in [3.63, 3.8) is 0 Å². The topological polar surface area (TPSA) is 68.9 Å². The highest BCUT2D eigenvalue weighted by atomic mass is 32.1. The zero-order valence-corrected chi connectivity index (χ0v) is 11.3. The third-order valence-electron chi connectivity index (χ3n) is 2.82. The van der Waals surface area contributed by atoms with E-state index in [9.17, 15) is 4.79 Å². The van der Waals surface area contributed by atoms with E-state index in [0.717, 1.165) is 21.0 Å². The molecule has 0 bridgehead atoms. The monoisotopic (exact) mass is 281 g/mol. The lowest BCUT2D eigenvalue weighted by atomic mass is 10.1. The van der Waals surface area contributed by atoms with Gasteiger partial charge in [-0.05, 0) is 17.7 Å². The van der Waals surface area contributed by atoms with Gasteiger partial charge >= 0.3 is 0 Å². The van der Waals surface area contributed by atoms with E-state index in [1.165, 1.54) is 11.3 Å². The fraction of sp³-hybridized carbons (Fsp3) is 0. The van der Waals surface area contributed by atoms with E-state index in [-0.39, 0.29) is 0 Å². The Morgan fingerprint density at radius 1 is 1.00 bits per heavy atom. The summed E-state index contributed by atoms with van der Waals surface area (Å²) in [6.07, 6.45) is 3.39. The van der Waals surface area contributed by atoms with E-state index in [4.69, 9.17) is 5.73 Å². The van der Waals surface area contributed by atoms with Crippen LogP contribution in [0.25, 0.3) is 21.0 Å². The van der Waals surface area contributed by atoms with E-state index in [0.29, 0.717) is 5.69 Å². The summed E-state index contributed by atoms with van der Waals surface area (Å²) in [4.78, 5) is 20.7. The van der Waals surface area contributed by atoms with Gasteiger partial charge < -0.3 is 5.73 Å². The van der Waals surface area contributed by atoms with E-state index in [1.807, 2.05) is 42.5 Å². The number of carbonyl (C=O) groups excluding carboxylic acids is 1. The summed E-state index contributed by atoms with van der Waals surface area (Å²) >= 11 is 1.45. The second-order valence-electron chi connectivity index (χ2n) is 4.16. The fourth-order valence-electron chi connectivity index (χ4n) is 1.89. The molecule has 98 valence electrons. The van der Waals surface area contributed by atoms with Crippen LogP contribution in [0.1, 0.15) is 10.5 Å². The molecule has 0 saturated carbocycles. The fourth-order valence-corrected chi connectivity index (χ4v) is 2.97. The van der Waals surface area contributed by atoms with Crippen molar-refractivity contribution in [1.82, 2.24) is 9.97 Å². The van der Waals surface area contributed by atoms with Crippen LogP contribution in [0.2, 0.25) is 0 Å². The van der Waals surface area contributed by atoms with Crippen molar-refractivity contribution in [1.29, 1.82) is 0 Å².